The first kappa shape index (κ1) is 19.8. The van der Waals surface area contributed by atoms with Crippen molar-refractivity contribution in [2.24, 2.45) is 0 Å². The second-order valence-electron chi connectivity index (χ2n) is 3.49. The van der Waals surface area contributed by atoms with E-state index < -0.39 is 23.9 Å². The second kappa shape index (κ2) is 11.5. The Morgan fingerprint density at radius 3 is 1.86 bits per heavy atom. The number of carbonyl (C=O) groups is 4. The highest BCUT2D eigenvalue weighted by molar-refractivity contribution is 6.25. The van der Waals surface area contributed by atoms with Crippen molar-refractivity contribution in [3.8, 4) is 0 Å². The van der Waals surface area contributed by atoms with Crippen molar-refractivity contribution in [2.75, 3.05) is 0 Å². The van der Waals surface area contributed by atoms with Crippen molar-refractivity contribution >= 4 is 47.1 Å². The summed E-state index contributed by atoms with van der Waals surface area (Å²) in [5, 5.41) is 0. The minimum atomic E-state index is -1.10. The van der Waals surface area contributed by atoms with Crippen LogP contribution in [0.15, 0.2) is 47.5 Å². The van der Waals surface area contributed by atoms with Gasteiger partial charge in [0, 0.05) is 17.1 Å². The molecule has 0 aliphatic carbocycles. The molecule has 0 amide bonds. The molecule has 0 fully saturated rings. The van der Waals surface area contributed by atoms with Gasteiger partial charge in [-0.25, -0.2) is 9.59 Å². The predicted octanol–water partition coefficient (Wildman–Crippen LogP) is 2.52. The predicted molar refractivity (Wildman–Crippen MR) is 79.7 cm³/mol. The zero-order valence-electron chi connectivity index (χ0n) is 11.3. The highest BCUT2D eigenvalue weighted by Gasteiger charge is 2.15. The molecule has 0 aromatic rings. The van der Waals surface area contributed by atoms with Crippen LogP contribution in [0.5, 0.6) is 0 Å². The first-order valence-electron chi connectivity index (χ1n) is 5.78. The van der Waals surface area contributed by atoms with Crippen molar-refractivity contribution in [2.45, 2.75) is 12.8 Å². The lowest BCUT2D eigenvalue weighted by molar-refractivity contribution is -0.158. The molecule has 0 bridgehead atoms. The van der Waals surface area contributed by atoms with Crippen LogP contribution >= 0.6 is 23.2 Å². The van der Waals surface area contributed by atoms with Crippen LogP contribution in [0.3, 0.4) is 0 Å². The summed E-state index contributed by atoms with van der Waals surface area (Å²) in [5.41, 5.74) is 1.84. The maximum atomic E-state index is 11.6. The molecular weight excluding hydrogens is 335 g/mol. The van der Waals surface area contributed by atoms with E-state index in [0.29, 0.717) is 6.08 Å². The smallest absolute Gasteiger partial charge is 0.346 e. The van der Waals surface area contributed by atoms with E-state index in [4.69, 9.17) is 23.2 Å². The van der Waals surface area contributed by atoms with Crippen molar-refractivity contribution in [3.05, 3.63) is 47.5 Å². The van der Waals surface area contributed by atoms with Crippen molar-refractivity contribution in [3.63, 3.8) is 0 Å². The van der Waals surface area contributed by atoms with Gasteiger partial charge in [0.25, 0.3) is 0 Å². The number of hydrogen-bond donors (Lipinski definition) is 0. The van der Waals surface area contributed by atoms with Crippen LogP contribution in [-0.2, 0) is 28.7 Å². The molecule has 0 radical (unpaired) electrons. The van der Waals surface area contributed by atoms with Gasteiger partial charge in [-0.15, -0.1) is 0 Å². The Labute approximate surface area is 136 Å². The van der Waals surface area contributed by atoms with Gasteiger partial charge in [-0.05, 0) is 0 Å². The second-order valence-corrected chi connectivity index (χ2v) is 3.99. The fourth-order valence-corrected chi connectivity index (χ4v) is 1.18. The van der Waals surface area contributed by atoms with E-state index in [1.165, 1.54) is 12.2 Å². The van der Waals surface area contributed by atoms with Crippen molar-refractivity contribution in [1.82, 2.24) is 0 Å². The molecule has 0 saturated heterocycles. The van der Waals surface area contributed by atoms with Gasteiger partial charge in [-0.2, -0.15) is 0 Å². The molecule has 0 aliphatic rings. The Morgan fingerprint density at radius 2 is 1.41 bits per heavy atom. The third-order valence-electron chi connectivity index (χ3n) is 1.90. The standard InChI is InChI=1S/C14H12Cl2O6/c1-2-10(14(20)22-12(18)6-4-8-16)9-13(19)21-11(17)5-3-7-15/h2-4,7-9H,1,5-6H2/b7-3?,8-4?,10-9-. The maximum absolute atomic E-state index is 11.6. The summed E-state index contributed by atoms with van der Waals surface area (Å²) < 4.78 is 8.80. The van der Waals surface area contributed by atoms with Crippen molar-refractivity contribution < 1.29 is 28.7 Å². The van der Waals surface area contributed by atoms with Gasteiger partial charge in [0.05, 0.1) is 18.4 Å². The lowest BCUT2D eigenvalue weighted by Gasteiger charge is -2.02. The van der Waals surface area contributed by atoms with Gasteiger partial charge in [-0.1, -0.05) is 48.0 Å². The Morgan fingerprint density at radius 1 is 0.909 bits per heavy atom. The van der Waals surface area contributed by atoms with E-state index in [1.54, 1.807) is 0 Å². The van der Waals surface area contributed by atoms with Crippen LogP contribution in [0.4, 0.5) is 0 Å². The summed E-state index contributed by atoms with van der Waals surface area (Å²) in [7, 11) is 0. The molecule has 22 heavy (non-hydrogen) atoms. The van der Waals surface area contributed by atoms with E-state index in [1.807, 2.05) is 0 Å². The van der Waals surface area contributed by atoms with Crippen molar-refractivity contribution in [1.29, 1.82) is 0 Å². The average molecular weight is 347 g/mol. The molecule has 6 nitrogen and oxygen atoms in total. The van der Waals surface area contributed by atoms with E-state index in [2.05, 4.69) is 16.1 Å². The van der Waals surface area contributed by atoms with Crippen LogP contribution in [-0.4, -0.2) is 23.9 Å². The molecule has 0 saturated carbocycles. The summed E-state index contributed by atoms with van der Waals surface area (Å²) in [6.45, 7) is 3.30. The normalized spacial score (nSPS) is 11.5. The average Bonchev–Trinajstić information content (AvgIpc) is 2.48. The number of ether oxygens (including phenoxy) is 2. The highest BCUT2D eigenvalue weighted by Crippen LogP contribution is 2.03. The Bertz CT molecular complexity index is 546. The van der Waals surface area contributed by atoms with Gasteiger partial charge in [0.1, 0.15) is 0 Å². The summed E-state index contributed by atoms with van der Waals surface area (Å²) in [4.78, 5) is 45.3. The van der Waals surface area contributed by atoms with E-state index in [-0.39, 0.29) is 18.4 Å². The zero-order valence-corrected chi connectivity index (χ0v) is 12.8. The van der Waals surface area contributed by atoms with E-state index in [9.17, 15) is 19.2 Å². The topological polar surface area (TPSA) is 86.7 Å². The third-order valence-corrected chi connectivity index (χ3v) is 2.25. The van der Waals surface area contributed by atoms with Gasteiger partial charge >= 0.3 is 23.9 Å². The molecule has 0 heterocycles. The summed E-state index contributed by atoms with van der Waals surface area (Å²) in [6.07, 6.45) is 3.78. The molecule has 0 atom stereocenters. The molecule has 0 aromatic heterocycles. The quantitative estimate of drug-likeness (QED) is 0.304. The van der Waals surface area contributed by atoms with Gasteiger partial charge in [-0.3, -0.25) is 9.59 Å². The lowest BCUT2D eigenvalue weighted by atomic mass is 10.2. The molecule has 0 aromatic carbocycles. The van der Waals surface area contributed by atoms with Gasteiger partial charge in [0.15, 0.2) is 0 Å². The lowest BCUT2D eigenvalue weighted by Crippen LogP contribution is -2.15. The minimum absolute atomic E-state index is 0.208. The number of rotatable bonds is 7. The molecule has 0 N–H and O–H groups in total. The SMILES string of the molecule is C=C/C(=C/C(=O)OC(=O)CC=CCl)C(=O)OC(=O)CC=CCl. The molecule has 0 rings (SSSR count). The minimum Gasteiger partial charge on any atom is -0.390 e. The monoisotopic (exact) mass is 346 g/mol. The first-order valence-corrected chi connectivity index (χ1v) is 6.66. The largest absolute Gasteiger partial charge is 0.390 e. The Balaban J connectivity index is 4.69. The Kier molecular flexibility index (Phi) is 10.3. The molecule has 0 unspecified atom stereocenters. The van der Waals surface area contributed by atoms with E-state index in [0.717, 1.165) is 17.1 Å². The number of esters is 4. The van der Waals surface area contributed by atoms with Crippen LogP contribution in [0.2, 0.25) is 0 Å². The molecule has 118 valence electrons. The van der Waals surface area contributed by atoms with E-state index >= 15 is 0 Å². The number of hydrogen-bond acceptors (Lipinski definition) is 6. The van der Waals surface area contributed by atoms with Gasteiger partial charge < -0.3 is 9.47 Å². The highest BCUT2D eigenvalue weighted by atomic mass is 35.5. The third kappa shape index (κ3) is 8.89. The van der Waals surface area contributed by atoms with Crippen LogP contribution in [0, 0.1) is 0 Å². The van der Waals surface area contributed by atoms with Crippen LogP contribution in [0.25, 0.3) is 0 Å². The fourth-order valence-electron chi connectivity index (χ4n) is 0.997. The van der Waals surface area contributed by atoms with Crippen LogP contribution in [0.1, 0.15) is 12.8 Å². The van der Waals surface area contributed by atoms with Gasteiger partial charge in [0.2, 0.25) is 0 Å². The molecule has 8 heteroatoms. The maximum Gasteiger partial charge on any atom is 0.346 e. The fraction of sp³-hybridized carbons (Fsp3) is 0.143. The number of carbonyl (C=O) groups excluding carboxylic acids is 4. The summed E-state index contributed by atoms with van der Waals surface area (Å²) >= 11 is 10.4. The first-order chi connectivity index (χ1) is 10.4. The Hall–Kier alpha value is -2.18. The summed E-state index contributed by atoms with van der Waals surface area (Å²) in [6, 6.07) is 0. The zero-order chi connectivity index (χ0) is 17.0. The molecular formula is C14H12Cl2O6. The van der Waals surface area contributed by atoms with Crippen LogP contribution < -0.4 is 0 Å². The molecule has 0 aliphatic heterocycles. The molecule has 0 spiro atoms. The number of halogens is 2. The summed E-state index contributed by atoms with van der Waals surface area (Å²) in [5.74, 6) is -3.94.